The van der Waals surface area contributed by atoms with Gasteiger partial charge in [-0.3, -0.25) is 4.79 Å². The van der Waals surface area contributed by atoms with Crippen molar-refractivity contribution in [3.63, 3.8) is 0 Å². The Morgan fingerprint density at radius 1 is 0.962 bits per heavy atom. The van der Waals surface area contributed by atoms with E-state index in [0.717, 1.165) is 0 Å². The number of aromatic hydroxyl groups is 1. The lowest BCUT2D eigenvalue weighted by molar-refractivity contribution is -0.150. The number of phenolic OH excluding ortho intramolecular Hbond substituents is 1. The molecule has 0 heterocycles. The Bertz CT molecular complexity index is 637. The van der Waals surface area contributed by atoms with E-state index in [1.54, 1.807) is 12.1 Å². The quantitative estimate of drug-likeness (QED) is 0.279. The third kappa shape index (κ3) is 8.32. The number of hydrogen-bond acceptors (Lipinski definition) is 7. The Labute approximate surface area is 152 Å². The second-order valence-electron chi connectivity index (χ2n) is 5.60. The Hall–Kier alpha value is -2.83. The average Bonchev–Trinajstić information content (AvgIpc) is 2.61. The van der Waals surface area contributed by atoms with E-state index in [4.69, 9.17) is 14.2 Å². The Morgan fingerprint density at radius 3 is 2.35 bits per heavy atom. The highest BCUT2D eigenvalue weighted by atomic mass is 16.6. The van der Waals surface area contributed by atoms with Crippen LogP contribution in [0.5, 0.6) is 5.75 Å². The molecule has 0 saturated heterocycles. The molecule has 0 fully saturated rings. The van der Waals surface area contributed by atoms with Crippen molar-refractivity contribution in [2.75, 3.05) is 19.8 Å². The highest BCUT2D eigenvalue weighted by Gasteiger charge is 2.11. The first kappa shape index (κ1) is 21.2. The number of unbranched alkanes of at least 4 members (excludes halogenated alkanes) is 2. The summed E-state index contributed by atoms with van der Waals surface area (Å²) in [6, 6.07) is 6.17. The minimum absolute atomic E-state index is 0.000282. The van der Waals surface area contributed by atoms with Gasteiger partial charge in [0.25, 0.3) is 0 Å². The molecule has 0 radical (unpaired) electrons. The van der Waals surface area contributed by atoms with Crippen LogP contribution in [0.15, 0.2) is 36.4 Å². The van der Waals surface area contributed by atoms with Crippen molar-refractivity contribution in [2.24, 2.45) is 0 Å². The molecule has 0 saturated carbocycles. The summed E-state index contributed by atoms with van der Waals surface area (Å²) < 4.78 is 14.8. The SMILES string of the molecule is C=C(C)C(=O)OCCOC(=O)CCCCCOC(=O)c1ccccc1O. The molecule has 7 heteroatoms. The molecule has 0 unspecified atom stereocenters. The molecule has 0 atom stereocenters. The minimum atomic E-state index is -0.577. The third-order valence-electron chi connectivity index (χ3n) is 3.31. The van der Waals surface area contributed by atoms with Crippen LogP contribution in [-0.4, -0.2) is 42.8 Å². The third-order valence-corrected chi connectivity index (χ3v) is 3.31. The van der Waals surface area contributed by atoms with E-state index in [1.807, 2.05) is 0 Å². The van der Waals surface area contributed by atoms with Gasteiger partial charge in [-0.05, 0) is 38.3 Å². The van der Waals surface area contributed by atoms with Gasteiger partial charge in [0.15, 0.2) is 0 Å². The maximum absolute atomic E-state index is 11.7. The molecule has 0 aliphatic rings. The molecule has 7 nitrogen and oxygen atoms in total. The first-order valence-corrected chi connectivity index (χ1v) is 8.35. The van der Waals surface area contributed by atoms with E-state index < -0.39 is 11.9 Å². The summed E-state index contributed by atoms with van der Waals surface area (Å²) in [6.45, 7) is 5.19. The molecule has 26 heavy (non-hydrogen) atoms. The van der Waals surface area contributed by atoms with Crippen LogP contribution < -0.4 is 0 Å². The maximum Gasteiger partial charge on any atom is 0.341 e. The number of carbonyl (C=O) groups excluding carboxylic acids is 3. The first-order chi connectivity index (χ1) is 12.4. The van der Waals surface area contributed by atoms with Crippen LogP contribution in [0, 0.1) is 0 Å². The molecule has 0 spiro atoms. The summed E-state index contributed by atoms with van der Waals surface area (Å²) in [5.41, 5.74) is 0.419. The fraction of sp³-hybridized carbons (Fsp3) is 0.421. The number of benzene rings is 1. The van der Waals surface area contributed by atoms with Crippen LogP contribution in [-0.2, 0) is 23.8 Å². The van der Waals surface area contributed by atoms with Gasteiger partial charge in [-0.25, -0.2) is 9.59 Å². The van der Waals surface area contributed by atoms with Crippen molar-refractivity contribution in [1.29, 1.82) is 0 Å². The zero-order valence-electron chi connectivity index (χ0n) is 14.9. The number of phenols is 1. The van der Waals surface area contributed by atoms with Crippen LogP contribution in [0.2, 0.25) is 0 Å². The van der Waals surface area contributed by atoms with Gasteiger partial charge in [-0.1, -0.05) is 18.7 Å². The van der Waals surface area contributed by atoms with Gasteiger partial charge in [0, 0.05) is 12.0 Å². The Balaban J connectivity index is 2.04. The van der Waals surface area contributed by atoms with Crippen molar-refractivity contribution < 1.29 is 33.7 Å². The molecule has 0 aliphatic carbocycles. The number of hydrogen-bond donors (Lipinski definition) is 1. The fourth-order valence-electron chi connectivity index (χ4n) is 1.92. The summed E-state index contributed by atoms with van der Waals surface area (Å²) in [4.78, 5) is 34.3. The molecular formula is C19H24O7. The molecule has 0 bridgehead atoms. The number of ether oxygens (including phenoxy) is 3. The normalized spacial score (nSPS) is 10.0. The highest BCUT2D eigenvalue weighted by Crippen LogP contribution is 2.16. The zero-order valence-corrected chi connectivity index (χ0v) is 14.9. The lowest BCUT2D eigenvalue weighted by Gasteiger charge is -2.07. The molecule has 0 amide bonds. The summed E-state index contributed by atoms with van der Waals surface area (Å²) >= 11 is 0. The minimum Gasteiger partial charge on any atom is -0.507 e. The van der Waals surface area contributed by atoms with Gasteiger partial charge >= 0.3 is 17.9 Å². The van der Waals surface area contributed by atoms with Crippen LogP contribution in [0.25, 0.3) is 0 Å². The lowest BCUT2D eigenvalue weighted by atomic mass is 10.2. The van der Waals surface area contributed by atoms with Crippen molar-refractivity contribution in [2.45, 2.75) is 32.6 Å². The Kier molecular flexibility index (Phi) is 9.53. The fourth-order valence-corrected chi connectivity index (χ4v) is 1.92. The van der Waals surface area contributed by atoms with Gasteiger partial charge in [0.1, 0.15) is 24.5 Å². The van der Waals surface area contributed by atoms with Gasteiger partial charge < -0.3 is 19.3 Å². The largest absolute Gasteiger partial charge is 0.507 e. The van der Waals surface area contributed by atoms with Crippen LogP contribution in [0.4, 0.5) is 0 Å². The molecule has 1 aromatic rings. The van der Waals surface area contributed by atoms with E-state index >= 15 is 0 Å². The van der Waals surface area contributed by atoms with E-state index in [9.17, 15) is 19.5 Å². The van der Waals surface area contributed by atoms with Crippen LogP contribution in [0.1, 0.15) is 43.0 Å². The monoisotopic (exact) mass is 364 g/mol. The highest BCUT2D eigenvalue weighted by molar-refractivity contribution is 5.92. The smallest absolute Gasteiger partial charge is 0.341 e. The van der Waals surface area contributed by atoms with E-state index in [1.165, 1.54) is 19.1 Å². The second kappa shape index (κ2) is 11.7. The number of rotatable bonds is 11. The van der Waals surface area contributed by atoms with Gasteiger partial charge in [-0.2, -0.15) is 0 Å². The van der Waals surface area contributed by atoms with Crippen LogP contribution >= 0.6 is 0 Å². The van der Waals surface area contributed by atoms with Crippen molar-refractivity contribution in [3.8, 4) is 5.75 Å². The average molecular weight is 364 g/mol. The molecule has 1 aromatic carbocycles. The second-order valence-corrected chi connectivity index (χ2v) is 5.60. The zero-order chi connectivity index (χ0) is 19.4. The standard InChI is InChI=1S/C19H24O7/c1-14(2)18(22)26-13-12-24-17(21)10-4-3-7-11-25-19(23)15-8-5-6-9-16(15)20/h5-6,8-9,20H,1,3-4,7,10-13H2,2H3. The molecule has 142 valence electrons. The predicted octanol–water partition coefficient (Wildman–Crippen LogP) is 2.77. The van der Waals surface area contributed by atoms with Gasteiger partial charge in [0.2, 0.25) is 0 Å². The van der Waals surface area contributed by atoms with E-state index in [2.05, 4.69) is 6.58 Å². The van der Waals surface area contributed by atoms with Crippen molar-refractivity contribution in [3.05, 3.63) is 42.0 Å². The van der Waals surface area contributed by atoms with E-state index in [-0.39, 0.29) is 43.5 Å². The van der Waals surface area contributed by atoms with Gasteiger partial charge in [0.05, 0.1) is 6.61 Å². The Morgan fingerprint density at radius 2 is 1.65 bits per heavy atom. The van der Waals surface area contributed by atoms with Crippen molar-refractivity contribution in [1.82, 2.24) is 0 Å². The predicted molar refractivity (Wildman–Crippen MR) is 93.6 cm³/mol. The van der Waals surface area contributed by atoms with Crippen LogP contribution in [0.3, 0.4) is 0 Å². The topological polar surface area (TPSA) is 99.1 Å². The van der Waals surface area contributed by atoms with E-state index in [0.29, 0.717) is 24.8 Å². The number of carbonyl (C=O) groups is 3. The molecule has 1 rings (SSSR count). The van der Waals surface area contributed by atoms with Gasteiger partial charge in [-0.15, -0.1) is 0 Å². The summed E-state index contributed by atoms with van der Waals surface area (Å²) in [5.74, 6) is -1.58. The molecule has 0 aromatic heterocycles. The molecular weight excluding hydrogens is 340 g/mol. The van der Waals surface area contributed by atoms with Crippen molar-refractivity contribution >= 4 is 17.9 Å². The summed E-state index contributed by atoms with van der Waals surface area (Å²) in [7, 11) is 0. The maximum atomic E-state index is 11.7. The number of para-hydroxylation sites is 1. The summed E-state index contributed by atoms with van der Waals surface area (Å²) in [5, 5.41) is 9.54. The lowest BCUT2D eigenvalue weighted by Crippen LogP contribution is -2.14. The first-order valence-electron chi connectivity index (χ1n) is 8.35. The molecule has 1 N–H and O–H groups in total. The number of esters is 3. The molecule has 0 aliphatic heterocycles. The summed E-state index contributed by atoms with van der Waals surface area (Å²) in [6.07, 6.45) is 2.12.